The number of allylic oxidation sites excluding steroid dienone is 4. The Kier molecular flexibility index (Phi) is 10.2. The molecule has 3 nitrogen and oxygen atoms in total. The molecule has 0 aliphatic heterocycles. The van der Waals surface area contributed by atoms with Gasteiger partial charge in [-0.1, -0.05) is 0 Å². The van der Waals surface area contributed by atoms with E-state index in [9.17, 15) is 0 Å². The van der Waals surface area contributed by atoms with Gasteiger partial charge in [-0.3, -0.25) is 0 Å². The van der Waals surface area contributed by atoms with Crippen molar-refractivity contribution in [2.45, 2.75) is 68.2 Å². The van der Waals surface area contributed by atoms with E-state index in [1.54, 1.807) is 5.57 Å². The van der Waals surface area contributed by atoms with Crippen LogP contribution in [-0.2, 0) is 17.4 Å². The first kappa shape index (κ1) is 23.1. The number of hydrogen-bond acceptors (Lipinski definition) is 3. The molecule has 1 atom stereocenters. The van der Waals surface area contributed by atoms with E-state index in [1.165, 1.54) is 12.8 Å². The molecule has 0 fully saturated rings. The second-order valence-corrected chi connectivity index (χ2v) is 12.9. The van der Waals surface area contributed by atoms with E-state index in [-0.39, 0.29) is 0 Å². The molecule has 0 aromatic heterocycles. The van der Waals surface area contributed by atoms with Crippen molar-refractivity contribution in [3.05, 3.63) is 21.6 Å². The first-order valence-corrected chi connectivity index (χ1v) is 13.6. The summed E-state index contributed by atoms with van der Waals surface area (Å²) in [5.74, 6) is 0.667. The van der Waals surface area contributed by atoms with Crippen LogP contribution in [-0.4, -0.2) is 49.4 Å². The molecule has 146 valence electrons. The molecule has 0 N–H and O–H groups in total. The molecular formula is C21H43N3Ti. The molecule has 0 aromatic carbocycles. The standard InChI is InChI=1S/C9H13.3C4H10N.Ti/c1-3-8(2)9-6-4-5-7-9;3*1-3-5-4-2;/h4,6,8H,3,5H2,1-2H3;3*3-4H2,1-2H3;/q;3*-1;+3. The SMILES string of the molecule is CCC(C)C1=[C]([Ti]([N](CC)CC)([N](CC)CC)[N](CC)CC)CC=C1. The van der Waals surface area contributed by atoms with Gasteiger partial charge in [-0.2, -0.15) is 0 Å². The van der Waals surface area contributed by atoms with Crippen molar-refractivity contribution in [2.75, 3.05) is 39.3 Å². The average Bonchev–Trinajstić information content (AvgIpc) is 3.13. The summed E-state index contributed by atoms with van der Waals surface area (Å²) in [4.78, 5) is 0. The van der Waals surface area contributed by atoms with E-state index in [1.807, 2.05) is 3.88 Å². The van der Waals surface area contributed by atoms with Crippen molar-refractivity contribution >= 4 is 0 Å². The maximum absolute atomic E-state index is 2.88. The van der Waals surface area contributed by atoms with Crippen molar-refractivity contribution in [1.29, 1.82) is 0 Å². The van der Waals surface area contributed by atoms with Gasteiger partial charge in [-0.05, 0) is 0 Å². The molecule has 0 saturated carbocycles. The summed E-state index contributed by atoms with van der Waals surface area (Å²) in [5, 5.41) is 0. The molecule has 0 radical (unpaired) electrons. The van der Waals surface area contributed by atoms with Crippen LogP contribution < -0.4 is 0 Å². The summed E-state index contributed by atoms with van der Waals surface area (Å²) in [7, 11) is 0. The van der Waals surface area contributed by atoms with Crippen LogP contribution in [0.3, 0.4) is 0 Å². The molecule has 1 rings (SSSR count). The molecule has 0 heterocycles. The third-order valence-corrected chi connectivity index (χ3v) is 15.3. The van der Waals surface area contributed by atoms with Gasteiger partial charge in [0.15, 0.2) is 0 Å². The zero-order valence-electron chi connectivity index (χ0n) is 18.2. The minimum absolute atomic E-state index is 0.667. The maximum atomic E-state index is 2.88. The minimum atomic E-state index is -2.77. The van der Waals surface area contributed by atoms with Crippen molar-refractivity contribution < 1.29 is 17.4 Å². The third-order valence-electron chi connectivity index (χ3n) is 6.13. The van der Waals surface area contributed by atoms with Gasteiger partial charge >= 0.3 is 163 Å². The van der Waals surface area contributed by atoms with Gasteiger partial charge in [-0.15, -0.1) is 0 Å². The second-order valence-electron chi connectivity index (χ2n) is 7.00. The fourth-order valence-electron chi connectivity index (χ4n) is 4.70. The van der Waals surface area contributed by atoms with Crippen LogP contribution in [0.15, 0.2) is 21.6 Å². The van der Waals surface area contributed by atoms with E-state index >= 15 is 0 Å². The molecule has 0 spiro atoms. The summed E-state index contributed by atoms with van der Waals surface area (Å²) in [6, 6.07) is 0. The molecule has 0 saturated heterocycles. The molecule has 1 unspecified atom stereocenters. The summed E-state index contributed by atoms with van der Waals surface area (Å²) in [5.41, 5.74) is 1.66. The first-order valence-electron chi connectivity index (χ1n) is 10.7. The normalized spacial score (nSPS) is 16.8. The predicted molar refractivity (Wildman–Crippen MR) is 109 cm³/mol. The molecular weight excluding hydrogens is 342 g/mol. The Bertz CT molecular complexity index is 415. The van der Waals surface area contributed by atoms with Crippen LogP contribution in [0.2, 0.25) is 0 Å². The van der Waals surface area contributed by atoms with Crippen molar-refractivity contribution in [3.63, 3.8) is 0 Å². The van der Waals surface area contributed by atoms with Gasteiger partial charge < -0.3 is 0 Å². The van der Waals surface area contributed by atoms with Crippen LogP contribution in [0.25, 0.3) is 0 Å². The molecule has 0 bridgehead atoms. The van der Waals surface area contributed by atoms with E-state index in [4.69, 9.17) is 0 Å². The Morgan fingerprint density at radius 1 is 0.800 bits per heavy atom. The van der Waals surface area contributed by atoms with E-state index in [0.717, 1.165) is 39.3 Å². The molecule has 4 heteroatoms. The Balaban J connectivity index is 3.74. The third kappa shape index (κ3) is 4.33. The molecule has 1 aliphatic rings. The molecule has 1 aliphatic carbocycles. The first-order chi connectivity index (χ1) is 12.0. The molecule has 25 heavy (non-hydrogen) atoms. The van der Waals surface area contributed by atoms with Crippen LogP contribution in [0.5, 0.6) is 0 Å². The van der Waals surface area contributed by atoms with Gasteiger partial charge in [-0.25, -0.2) is 0 Å². The number of hydrogen-bond donors (Lipinski definition) is 0. The summed E-state index contributed by atoms with van der Waals surface area (Å²) < 4.78 is 10.4. The fraction of sp³-hybridized carbons (Fsp3) is 0.810. The van der Waals surface area contributed by atoms with Gasteiger partial charge in [0.05, 0.1) is 0 Å². The average molecular weight is 385 g/mol. The van der Waals surface area contributed by atoms with Crippen molar-refractivity contribution in [1.82, 2.24) is 10.1 Å². The number of rotatable bonds is 12. The van der Waals surface area contributed by atoms with Gasteiger partial charge in [0, 0.05) is 0 Å². The van der Waals surface area contributed by atoms with E-state index in [0.29, 0.717) is 5.92 Å². The Morgan fingerprint density at radius 3 is 1.52 bits per heavy atom. The molecule has 0 amide bonds. The summed E-state index contributed by atoms with van der Waals surface area (Å²) in [6.07, 6.45) is 7.30. The monoisotopic (exact) mass is 385 g/mol. The van der Waals surface area contributed by atoms with Crippen molar-refractivity contribution in [2.24, 2.45) is 5.92 Å². The van der Waals surface area contributed by atoms with E-state index in [2.05, 4.69) is 77.7 Å². The van der Waals surface area contributed by atoms with Crippen LogP contribution in [0.4, 0.5) is 0 Å². The Labute approximate surface area is 162 Å². The zero-order valence-corrected chi connectivity index (χ0v) is 19.8. The number of nitrogens with zero attached hydrogens (tertiary/aromatic N) is 3. The van der Waals surface area contributed by atoms with Crippen LogP contribution in [0, 0.1) is 5.92 Å². The quantitative estimate of drug-likeness (QED) is 0.429. The Hall–Kier alpha value is 0.0743. The van der Waals surface area contributed by atoms with Crippen LogP contribution >= 0.6 is 0 Å². The van der Waals surface area contributed by atoms with Gasteiger partial charge in [0.2, 0.25) is 0 Å². The summed E-state index contributed by atoms with van der Waals surface area (Å²) in [6.45, 7) is 25.9. The van der Waals surface area contributed by atoms with E-state index < -0.39 is 17.4 Å². The molecule has 0 aromatic rings. The van der Waals surface area contributed by atoms with Gasteiger partial charge in [0.25, 0.3) is 0 Å². The Morgan fingerprint density at radius 2 is 1.20 bits per heavy atom. The second kappa shape index (κ2) is 11.0. The zero-order chi connectivity index (χ0) is 19.0. The van der Waals surface area contributed by atoms with Gasteiger partial charge in [0.1, 0.15) is 0 Å². The van der Waals surface area contributed by atoms with Crippen LogP contribution in [0.1, 0.15) is 68.2 Å². The predicted octanol–water partition coefficient (Wildman–Crippen LogP) is 5.17. The fourth-order valence-corrected chi connectivity index (χ4v) is 14.2. The summed E-state index contributed by atoms with van der Waals surface area (Å²) >= 11 is -2.77. The topological polar surface area (TPSA) is 9.72 Å². The van der Waals surface area contributed by atoms with Crippen molar-refractivity contribution in [3.8, 4) is 0 Å².